The number of hydroxylamine groups is 1. The summed E-state index contributed by atoms with van der Waals surface area (Å²) >= 11 is 0. The van der Waals surface area contributed by atoms with Crippen LogP contribution in [-0.4, -0.2) is 47.8 Å². The lowest BCUT2D eigenvalue weighted by atomic mass is 10.0. The van der Waals surface area contributed by atoms with Crippen molar-refractivity contribution in [1.29, 1.82) is 0 Å². The van der Waals surface area contributed by atoms with Crippen LogP contribution in [0, 0.1) is 13.8 Å². The Labute approximate surface area is 200 Å². The lowest BCUT2D eigenvalue weighted by Gasteiger charge is -2.22. The third-order valence-corrected chi connectivity index (χ3v) is 7.92. The summed E-state index contributed by atoms with van der Waals surface area (Å²) in [6.07, 6.45) is 4.92. The smallest absolute Gasteiger partial charge is 0.276 e. The zero-order valence-electron chi connectivity index (χ0n) is 20.0. The standard InChI is InChI=1S/C24H32N4O5S/c1-5-7-11-28(12-8-6-2)34(32,33)17-9-10-20-18(13-17)19(23(29)26-20)14-21-15(3)22(16(4)25-21)24(30)27-31/h9-10,13-14,25,31H,5-8,11-12H2,1-4H3,(H,26,29)(H,27,30)/b19-14+. The van der Waals surface area contributed by atoms with Gasteiger partial charge in [-0.25, -0.2) is 13.9 Å². The van der Waals surface area contributed by atoms with E-state index in [1.165, 1.54) is 16.4 Å². The van der Waals surface area contributed by atoms with E-state index >= 15 is 0 Å². The summed E-state index contributed by atoms with van der Waals surface area (Å²) in [5.41, 5.74) is 4.83. The molecule has 9 nitrogen and oxygen atoms in total. The molecule has 0 fully saturated rings. The van der Waals surface area contributed by atoms with E-state index in [1.807, 2.05) is 13.8 Å². The van der Waals surface area contributed by atoms with Gasteiger partial charge in [0.05, 0.1) is 16.0 Å². The lowest BCUT2D eigenvalue weighted by molar-refractivity contribution is -0.110. The highest BCUT2D eigenvalue weighted by atomic mass is 32.2. The highest BCUT2D eigenvalue weighted by molar-refractivity contribution is 7.89. The fraction of sp³-hybridized carbons (Fsp3) is 0.417. The molecule has 0 atom stereocenters. The number of hydrogen-bond acceptors (Lipinski definition) is 5. The number of aromatic nitrogens is 1. The number of carbonyl (C=O) groups excluding carboxylic acids is 2. The van der Waals surface area contributed by atoms with Gasteiger partial charge in [-0.05, 0) is 56.5 Å². The Kier molecular flexibility index (Phi) is 7.96. The molecule has 10 heteroatoms. The number of rotatable bonds is 10. The topological polar surface area (TPSA) is 132 Å². The van der Waals surface area contributed by atoms with Crippen LogP contribution in [0.3, 0.4) is 0 Å². The third-order valence-electron chi connectivity index (χ3n) is 6.03. The molecule has 1 aliphatic rings. The Bertz CT molecular complexity index is 1220. The molecular formula is C24H32N4O5S. The SMILES string of the molecule is CCCCN(CCCC)S(=O)(=O)c1ccc2c(c1)/C(=C\c1[nH]c(C)c(C(=O)NO)c1C)C(=O)N2. The number of unbranched alkanes of at least 4 members (excludes halogenated alkanes) is 2. The molecule has 2 aromatic rings. The zero-order valence-corrected chi connectivity index (χ0v) is 20.8. The first-order chi connectivity index (χ1) is 16.1. The molecule has 1 aromatic heterocycles. The molecule has 0 bridgehead atoms. The van der Waals surface area contributed by atoms with Gasteiger partial charge in [0.15, 0.2) is 0 Å². The first-order valence-corrected chi connectivity index (χ1v) is 12.9. The average molecular weight is 489 g/mol. The predicted molar refractivity (Wildman–Crippen MR) is 131 cm³/mol. The van der Waals surface area contributed by atoms with Crippen molar-refractivity contribution >= 4 is 39.2 Å². The van der Waals surface area contributed by atoms with Crippen LogP contribution >= 0.6 is 0 Å². The van der Waals surface area contributed by atoms with Crippen molar-refractivity contribution in [2.45, 2.75) is 58.3 Å². The second-order valence-electron chi connectivity index (χ2n) is 8.44. The van der Waals surface area contributed by atoms with Crippen LogP contribution in [0.5, 0.6) is 0 Å². The van der Waals surface area contributed by atoms with Crippen LogP contribution in [-0.2, 0) is 14.8 Å². The Morgan fingerprint density at radius 1 is 1.15 bits per heavy atom. The van der Waals surface area contributed by atoms with Gasteiger partial charge in [0, 0.05) is 35.7 Å². The number of nitrogens with zero attached hydrogens (tertiary/aromatic N) is 1. The number of hydrogen-bond donors (Lipinski definition) is 4. The molecule has 0 aliphatic carbocycles. The minimum Gasteiger partial charge on any atom is -0.358 e. The molecule has 1 aliphatic heterocycles. The molecule has 2 heterocycles. The number of carbonyl (C=O) groups is 2. The minimum atomic E-state index is -3.73. The van der Waals surface area contributed by atoms with Crippen LogP contribution in [0.4, 0.5) is 5.69 Å². The number of sulfonamides is 1. The summed E-state index contributed by atoms with van der Waals surface area (Å²) in [5, 5.41) is 11.8. The normalized spacial score (nSPS) is 14.5. The molecule has 0 saturated heterocycles. The Morgan fingerprint density at radius 3 is 2.38 bits per heavy atom. The summed E-state index contributed by atoms with van der Waals surface area (Å²) in [5.74, 6) is -1.02. The number of nitrogens with one attached hydrogen (secondary N) is 3. The van der Waals surface area contributed by atoms with Gasteiger partial charge >= 0.3 is 0 Å². The Morgan fingerprint density at radius 2 is 1.79 bits per heavy atom. The van der Waals surface area contributed by atoms with Gasteiger partial charge in [0.25, 0.3) is 11.8 Å². The maximum Gasteiger partial charge on any atom is 0.276 e. The van der Waals surface area contributed by atoms with E-state index in [0.717, 1.165) is 25.7 Å². The van der Waals surface area contributed by atoms with Gasteiger partial charge < -0.3 is 10.3 Å². The number of benzene rings is 1. The zero-order chi connectivity index (χ0) is 25.0. The van der Waals surface area contributed by atoms with Crippen molar-refractivity contribution in [2.24, 2.45) is 0 Å². The van der Waals surface area contributed by atoms with E-state index in [4.69, 9.17) is 5.21 Å². The molecular weight excluding hydrogens is 456 g/mol. The van der Waals surface area contributed by atoms with Crippen LogP contribution in [0.2, 0.25) is 0 Å². The van der Waals surface area contributed by atoms with Gasteiger partial charge in [0.2, 0.25) is 10.0 Å². The van der Waals surface area contributed by atoms with Crippen molar-refractivity contribution in [2.75, 3.05) is 18.4 Å². The summed E-state index contributed by atoms with van der Waals surface area (Å²) in [6, 6.07) is 4.66. The van der Waals surface area contributed by atoms with Crippen LogP contribution in [0.1, 0.15) is 72.4 Å². The van der Waals surface area contributed by atoms with Crippen LogP contribution in [0.15, 0.2) is 23.1 Å². The predicted octanol–water partition coefficient (Wildman–Crippen LogP) is 3.83. The molecule has 0 spiro atoms. The number of fused-ring (bicyclic) bond motifs is 1. The largest absolute Gasteiger partial charge is 0.358 e. The summed E-state index contributed by atoms with van der Waals surface area (Å²) in [6.45, 7) is 8.34. The van der Waals surface area contributed by atoms with Gasteiger partial charge in [-0.15, -0.1) is 0 Å². The monoisotopic (exact) mass is 488 g/mol. The average Bonchev–Trinajstić information content (AvgIpc) is 3.27. The molecule has 184 valence electrons. The molecule has 0 radical (unpaired) electrons. The van der Waals surface area contributed by atoms with Crippen molar-refractivity contribution in [1.82, 2.24) is 14.8 Å². The lowest BCUT2D eigenvalue weighted by Crippen LogP contribution is -2.33. The fourth-order valence-corrected chi connectivity index (χ4v) is 5.64. The summed E-state index contributed by atoms with van der Waals surface area (Å²) in [7, 11) is -3.73. The van der Waals surface area contributed by atoms with Gasteiger partial charge in [0.1, 0.15) is 0 Å². The van der Waals surface area contributed by atoms with Crippen molar-refractivity contribution < 1.29 is 23.2 Å². The number of aryl methyl sites for hydroxylation is 1. The highest BCUT2D eigenvalue weighted by Gasteiger charge is 2.30. The highest BCUT2D eigenvalue weighted by Crippen LogP contribution is 2.36. The van der Waals surface area contributed by atoms with E-state index in [0.29, 0.717) is 46.9 Å². The van der Waals surface area contributed by atoms with Crippen molar-refractivity contribution in [3.63, 3.8) is 0 Å². The van der Waals surface area contributed by atoms with Crippen LogP contribution < -0.4 is 10.8 Å². The summed E-state index contributed by atoms with van der Waals surface area (Å²) in [4.78, 5) is 27.9. The fourth-order valence-electron chi connectivity index (χ4n) is 4.10. The van der Waals surface area contributed by atoms with E-state index in [2.05, 4.69) is 10.3 Å². The maximum absolute atomic E-state index is 13.4. The quantitative estimate of drug-likeness (QED) is 0.229. The maximum atomic E-state index is 13.4. The summed E-state index contributed by atoms with van der Waals surface area (Å²) < 4.78 is 28.4. The van der Waals surface area contributed by atoms with Gasteiger partial charge in [-0.1, -0.05) is 26.7 Å². The minimum absolute atomic E-state index is 0.139. The number of H-pyrrole nitrogens is 1. The van der Waals surface area contributed by atoms with Crippen LogP contribution in [0.25, 0.3) is 11.6 Å². The van der Waals surface area contributed by atoms with Crippen molar-refractivity contribution in [3.05, 3.63) is 46.3 Å². The first kappa shape index (κ1) is 25.7. The van der Waals surface area contributed by atoms with E-state index < -0.39 is 15.9 Å². The first-order valence-electron chi connectivity index (χ1n) is 11.5. The number of amides is 2. The second-order valence-corrected chi connectivity index (χ2v) is 10.4. The molecule has 3 rings (SSSR count). The molecule has 34 heavy (non-hydrogen) atoms. The number of aromatic amines is 1. The van der Waals surface area contributed by atoms with E-state index in [9.17, 15) is 18.0 Å². The van der Waals surface area contributed by atoms with Gasteiger partial charge in [-0.3, -0.25) is 14.8 Å². The van der Waals surface area contributed by atoms with E-state index in [-0.39, 0.29) is 16.4 Å². The molecule has 2 amide bonds. The molecule has 0 saturated carbocycles. The number of anilines is 1. The molecule has 4 N–H and O–H groups in total. The molecule has 1 aromatic carbocycles. The third kappa shape index (κ3) is 4.94. The van der Waals surface area contributed by atoms with Crippen molar-refractivity contribution in [3.8, 4) is 0 Å². The second kappa shape index (κ2) is 10.5. The Hall–Kier alpha value is -2.95. The van der Waals surface area contributed by atoms with Gasteiger partial charge in [-0.2, -0.15) is 4.31 Å². The van der Waals surface area contributed by atoms with E-state index in [1.54, 1.807) is 31.5 Å². The molecule has 0 unspecified atom stereocenters. The Balaban J connectivity index is 2.04.